The van der Waals surface area contributed by atoms with E-state index in [1.54, 1.807) is 0 Å². The van der Waals surface area contributed by atoms with E-state index >= 15 is 0 Å². The molecule has 9 nitrogen and oxygen atoms in total. The molecule has 0 aliphatic carbocycles. The van der Waals surface area contributed by atoms with Crippen molar-refractivity contribution in [3.63, 3.8) is 0 Å². The topological polar surface area (TPSA) is 264 Å². The molecule has 0 saturated heterocycles. The maximum absolute atomic E-state index is 0. The second-order valence-electron chi connectivity index (χ2n) is 0. The van der Waals surface area contributed by atoms with Crippen molar-refractivity contribution < 1.29 is 138 Å². The minimum atomic E-state index is 0. The second-order valence-corrected chi connectivity index (χ2v) is 0. The minimum Gasteiger partial charge on any atom is -2.00 e. The molecule has 0 aromatic heterocycles. The first kappa shape index (κ1) is 395. The van der Waals surface area contributed by atoms with Gasteiger partial charge in [0.15, 0.2) is 0 Å². The monoisotopic (exact) mass is 300 g/mol. The van der Waals surface area contributed by atoms with Crippen molar-refractivity contribution in [1.29, 1.82) is 0 Å². The van der Waals surface area contributed by atoms with Crippen LogP contribution in [0.3, 0.4) is 0 Å². The molecule has 5 N–H and O–H groups in total. The molecule has 0 radical (unpaired) electrons. The van der Waals surface area contributed by atoms with E-state index in [0.29, 0.717) is 0 Å². The summed E-state index contributed by atoms with van der Waals surface area (Å²) in [6, 6.07) is 0. The zero-order valence-corrected chi connectivity index (χ0v) is 17.9. The van der Waals surface area contributed by atoms with Crippen LogP contribution in [-0.2, 0) is 32.9 Å². The first-order valence-corrected chi connectivity index (χ1v) is 0. The predicted molar refractivity (Wildman–Crippen MR) is 30.5 cm³/mol. The predicted octanol–water partition coefficient (Wildman–Crippen LogP) is -12.7. The van der Waals surface area contributed by atoms with E-state index in [1.807, 2.05) is 0 Å². The van der Waals surface area contributed by atoms with Gasteiger partial charge in [0.25, 0.3) is 0 Å². The van der Waals surface area contributed by atoms with Crippen molar-refractivity contribution in [1.82, 2.24) is 0 Å². The third kappa shape index (κ3) is 295. The summed E-state index contributed by atoms with van der Waals surface area (Å²) in [5.41, 5.74) is 0. The fourth-order valence-corrected chi connectivity index (χ4v) is 0. The van der Waals surface area contributed by atoms with Gasteiger partial charge in [0, 0.05) is 0 Å². The normalized spacial score (nSPS) is 0. The molecule has 0 unspecified atom stereocenters. The first-order chi connectivity index (χ1) is 0. The summed E-state index contributed by atoms with van der Waals surface area (Å²) >= 11 is 0. The van der Waals surface area contributed by atoms with Gasteiger partial charge in [-0.2, -0.15) is 0 Å². The maximum Gasteiger partial charge on any atom is 4.00 e. The molecule has 0 saturated carbocycles. The Morgan fingerprint density at radius 1 is 0.400 bits per heavy atom. The van der Waals surface area contributed by atoms with E-state index in [4.69, 9.17) is 0 Å². The molecule has 0 bridgehead atoms. The summed E-state index contributed by atoms with van der Waals surface area (Å²) in [5, 5.41) is 0. The van der Waals surface area contributed by atoms with Crippen LogP contribution in [-0.4, -0.2) is 62.1 Å². The standard InChI is InChI=1S/2Al.3Na.3H2O.6O.Si/h;;;;;3*1H2;;;;;;;/q2*+3;3*+1;;;;6*-2;+4/p-1. The van der Waals surface area contributed by atoms with Crippen molar-refractivity contribution in [2.45, 2.75) is 0 Å². The van der Waals surface area contributed by atoms with Crippen LogP contribution in [0.2, 0.25) is 0 Å². The van der Waals surface area contributed by atoms with Gasteiger partial charge in [0.05, 0.1) is 0 Å². The van der Waals surface area contributed by atoms with Crippen LogP contribution in [0.25, 0.3) is 0 Å². The Hall–Kier alpha value is 3.92. The molecule has 0 heterocycles. The zero-order valence-electron chi connectivity index (χ0n) is 8.55. The van der Waals surface area contributed by atoms with Crippen molar-refractivity contribution in [3.05, 3.63) is 0 Å². The molecule has 0 rings (SSSR count). The van der Waals surface area contributed by atoms with Gasteiger partial charge in [0.2, 0.25) is 0 Å². The van der Waals surface area contributed by atoms with Crippen molar-refractivity contribution in [2.24, 2.45) is 0 Å². The summed E-state index contributed by atoms with van der Waals surface area (Å²) in [5.74, 6) is 0. The number of hydrogen-bond donors (Lipinski definition) is 0. The minimum absolute atomic E-state index is 0. The van der Waals surface area contributed by atoms with Crippen molar-refractivity contribution >= 4 is 45.7 Å². The van der Waals surface area contributed by atoms with E-state index in [1.165, 1.54) is 0 Å². The van der Waals surface area contributed by atoms with Crippen LogP contribution in [0.4, 0.5) is 0 Å². The Bertz CT molecular complexity index is 23.3. The molecule has 15 heteroatoms. The SMILES string of the molecule is O.O.[Al+3].[Al+3].[Na+].[Na+].[Na+].[O-2].[O-2].[O-2].[O-2].[O-2].[O-2].[OH-].[Si+4]. The van der Waals surface area contributed by atoms with Gasteiger partial charge in [-0.25, -0.2) is 0 Å². The van der Waals surface area contributed by atoms with Gasteiger partial charge in [-0.15, -0.1) is 0 Å². The number of hydrogen-bond acceptors (Lipinski definition) is 1. The summed E-state index contributed by atoms with van der Waals surface area (Å²) in [4.78, 5) is 0. The fraction of sp³-hybridized carbons (Fsp3) is 0. The molecule has 72 valence electrons. The first-order valence-electron chi connectivity index (χ1n) is 0. The molecular weight excluding hydrogens is 295 g/mol. The summed E-state index contributed by atoms with van der Waals surface area (Å²) in [7, 11) is 0. The van der Waals surface area contributed by atoms with Crippen LogP contribution in [0.1, 0.15) is 0 Å². The second kappa shape index (κ2) is 334. The Morgan fingerprint density at radius 3 is 0.400 bits per heavy atom. The Balaban J connectivity index is 0. The molecule has 0 aromatic rings. The molecule has 0 amide bonds. The van der Waals surface area contributed by atoms with Gasteiger partial charge in [-0.05, 0) is 0 Å². The van der Waals surface area contributed by atoms with Crippen LogP contribution < -0.4 is 88.7 Å². The molecule has 0 fully saturated rings. The van der Waals surface area contributed by atoms with Gasteiger partial charge in [-0.3, -0.25) is 0 Å². The fourth-order valence-electron chi connectivity index (χ4n) is 0. The van der Waals surface area contributed by atoms with Crippen LogP contribution in [0, 0.1) is 0 Å². The molecule has 0 aliphatic heterocycles. The van der Waals surface area contributed by atoms with Crippen LogP contribution in [0.15, 0.2) is 0 Å². The van der Waals surface area contributed by atoms with E-state index < -0.39 is 0 Å². The zero-order chi connectivity index (χ0) is 0. The van der Waals surface area contributed by atoms with Gasteiger partial charge in [0.1, 0.15) is 0 Å². The molecule has 0 aromatic carbocycles. The molecule has 0 spiro atoms. The average Bonchev–Trinajstić information content (AvgIpc) is 0. The summed E-state index contributed by atoms with van der Waals surface area (Å²) < 4.78 is 0. The van der Waals surface area contributed by atoms with E-state index in [-0.39, 0.29) is 184 Å². The maximum atomic E-state index is 0. The summed E-state index contributed by atoms with van der Waals surface area (Å²) in [6.07, 6.45) is 0. The number of rotatable bonds is 0. The van der Waals surface area contributed by atoms with E-state index in [2.05, 4.69) is 0 Å². The Labute approximate surface area is 180 Å². The third-order valence-corrected chi connectivity index (χ3v) is 0. The third-order valence-electron chi connectivity index (χ3n) is 0. The Morgan fingerprint density at radius 2 is 0.400 bits per heavy atom. The quantitative estimate of drug-likeness (QED) is 0.387. The van der Waals surface area contributed by atoms with Crippen molar-refractivity contribution in [2.75, 3.05) is 0 Å². The smallest absolute Gasteiger partial charge is 2.00 e. The molecule has 15 heavy (non-hydrogen) atoms. The average molecular weight is 300 g/mol. The Kier molecular flexibility index (Phi) is 8790. The largest absolute Gasteiger partial charge is 4.00 e. The van der Waals surface area contributed by atoms with Gasteiger partial charge in [-0.1, -0.05) is 0 Å². The van der Waals surface area contributed by atoms with E-state index in [9.17, 15) is 0 Å². The molecule has 0 atom stereocenters. The van der Waals surface area contributed by atoms with Crippen molar-refractivity contribution in [3.8, 4) is 0 Å². The van der Waals surface area contributed by atoms with Gasteiger partial charge < -0.3 is 49.3 Å². The van der Waals surface area contributed by atoms with Gasteiger partial charge >= 0.3 is 134 Å². The van der Waals surface area contributed by atoms with Crippen LogP contribution >= 0.6 is 0 Å². The van der Waals surface area contributed by atoms with E-state index in [0.717, 1.165) is 0 Å². The summed E-state index contributed by atoms with van der Waals surface area (Å²) in [6.45, 7) is 0. The molecular formula is H5Al2Na3O9Si. The molecule has 0 aliphatic rings. The van der Waals surface area contributed by atoms with Crippen LogP contribution in [0.5, 0.6) is 0 Å².